The van der Waals surface area contributed by atoms with Gasteiger partial charge in [-0.1, -0.05) is 18.2 Å². The van der Waals surface area contributed by atoms with Crippen molar-refractivity contribution in [3.63, 3.8) is 0 Å². The first-order chi connectivity index (χ1) is 9.20. The largest absolute Gasteiger partial charge is 0.366 e. The van der Waals surface area contributed by atoms with E-state index in [1.54, 1.807) is 54.7 Å². The Labute approximate surface area is 110 Å². The van der Waals surface area contributed by atoms with Crippen LogP contribution in [0.3, 0.4) is 0 Å². The van der Waals surface area contributed by atoms with Crippen LogP contribution >= 0.6 is 0 Å². The zero-order valence-corrected chi connectivity index (χ0v) is 10.1. The number of nitrogens with zero attached hydrogens (tertiary/aromatic N) is 2. The van der Waals surface area contributed by atoms with Crippen LogP contribution in [0, 0.1) is 11.3 Å². The molecule has 0 aliphatic rings. The molecule has 1 heterocycles. The lowest BCUT2D eigenvalue weighted by Crippen LogP contribution is -2.13. The van der Waals surface area contributed by atoms with Crippen LogP contribution in [0.4, 0.5) is 0 Å². The third-order valence-corrected chi connectivity index (χ3v) is 2.53. The van der Waals surface area contributed by atoms with Crippen molar-refractivity contribution in [3.8, 4) is 6.07 Å². The van der Waals surface area contributed by atoms with Gasteiger partial charge in [0, 0.05) is 6.20 Å². The predicted molar refractivity (Wildman–Crippen MR) is 72.5 cm³/mol. The molecule has 0 unspecified atom stereocenters. The Kier molecular flexibility index (Phi) is 3.70. The first kappa shape index (κ1) is 12.5. The quantitative estimate of drug-likeness (QED) is 0.844. The standard InChI is InChI=1S/C15H11N3O/c16-10-12-5-3-4-11(8-12)9-13(15(17)19)14-6-1-2-7-18-14/h1-9H,(H2,17,19). The fourth-order valence-electron chi connectivity index (χ4n) is 1.66. The first-order valence-electron chi connectivity index (χ1n) is 5.64. The molecule has 2 N–H and O–H groups in total. The van der Waals surface area contributed by atoms with Gasteiger partial charge in [0.25, 0.3) is 5.91 Å². The lowest BCUT2D eigenvalue weighted by atomic mass is 10.1. The predicted octanol–water partition coefficient (Wildman–Crippen LogP) is 1.98. The van der Waals surface area contributed by atoms with Crippen molar-refractivity contribution in [1.82, 2.24) is 4.98 Å². The van der Waals surface area contributed by atoms with E-state index in [1.807, 2.05) is 6.07 Å². The molecule has 2 rings (SSSR count). The minimum Gasteiger partial charge on any atom is -0.366 e. The number of carbonyl (C=O) groups excluding carboxylic acids is 1. The Morgan fingerprint density at radius 2 is 2.11 bits per heavy atom. The Balaban J connectivity index is 2.48. The minimum absolute atomic E-state index is 0.315. The van der Waals surface area contributed by atoms with E-state index in [0.29, 0.717) is 16.8 Å². The zero-order chi connectivity index (χ0) is 13.7. The summed E-state index contributed by atoms with van der Waals surface area (Å²) in [6.07, 6.45) is 3.23. The van der Waals surface area contributed by atoms with E-state index < -0.39 is 5.91 Å². The summed E-state index contributed by atoms with van der Waals surface area (Å²) >= 11 is 0. The van der Waals surface area contributed by atoms with E-state index in [1.165, 1.54) is 0 Å². The molecule has 4 nitrogen and oxygen atoms in total. The zero-order valence-electron chi connectivity index (χ0n) is 10.1. The number of nitriles is 1. The molecule has 19 heavy (non-hydrogen) atoms. The number of rotatable bonds is 3. The summed E-state index contributed by atoms with van der Waals surface area (Å²) < 4.78 is 0. The molecule has 1 amide bonds. The number of nitrogens with two attached hydrogens (primary N) is 1. The summed E-state index contributed by atoms with van der Waals surface area (Å²) in [5, 5.41) is 8.85. The molecule has 4 heteroatoms. The van der Waals surface area contributed by atoms with Crippen LogP contribution in [-0.2, 0) is 4.79 Å². The van der Waals surface area contributed by atoms with Gasteiger partial charge in [0.15, 0.2) is 0 Å². The highest BCUT2D eigenvalue weighted by molar-refractivity contribution is 6.22. The smallest absolute Gasteiger partial charge is 0.250 e. The lowest BCUT2D eigenvalue weighted by Gasteiger charge is -2.03. The van der Waals surface area contributed by atoms with Gasteiger partial charge in [-0.15, -0.1) is 0 Å². The molecule has 0 aliphatic carbocycles. The molecule has 0 bridgehead atoms. The average molecular weight is 249 g/mol. The Morgan fingerprint density at radius 3 is 2.74 bits per heavy atom. The topological polar surface area (TPSA) is 79.8 Å². The average Bonchev–Trinajstić information content (AvgIpc) is 2.45. The van der Waals surface area contributed by atoms with Crippen LogP contribution in [0.25, 0.3) is 11.6 Å². The third kappa shape index (κ3) is 3.05. The summed E-state index contributed by atoms with van der Waals surface area (Å²) in [6, 6.07) is 14.2. The van der Waals surface area contributed by atoms with Crippen molar-refractivity contribution in [3.05, 3.63) is 65.5 Å². The maximum absolute atomic E-state index is 11.5. The van der Waals surface area contributed by atoms with Crippen LogP contribution < -0.4 is 5.73 Å². The highest BCUT2D eigenvalue weighted by Crippen LogP contribution is 2.16. The summed E-state index contributed by atoms with van der Waals surface area (Å²) in [4.78, 5) is 15.6. The Hall–Kier alpha value is -2.93. The number of benzene rings is 1. The Bertz CT molecular complexity index is 669. The van der Waals surface area contributed by atoms with Crippen LogP contribution in [0.1, 0.15) is 16.8 Å². The van der Waals surface area contributed by atoms with Gasteiger partial charge < -0.3 is 5.73 Å². The number of aromatic nitrogens is 1. The van der Waals surface area contributed by atoms with Crippen molar-refractivity contribution < 1.29 is 4.79 Å². The molecule has 0 fully saturated rings. The van der Waals surface area contributed by atoms with Crippen LogP contribution in [-0.4, -0.2) is 10.9 Å². The molecule has 0 atom stereocenters. The maximum Gasteiger partial charge on any atom is 0.250 e. The van der Waals surface area contributed by atoms with E-state index in [9.17, 15) is 4.79 Å². The summed E-state index contributed by atoms with van der Waals surface area (Å²) in [6.45, 7) is 0. The molecule has 0 saturated heterocycles. The summed E-state index contributed by atoms with van der Waals surface area (Å²) in [7, 11) is 0. The fourth-order valence-corrected chi connectivity index (χ4v) is 1.66. The monoisotopic (exact) mass is 249 g/mol. The molecule has 92 valence electrons. The number of pyridine rings is 1. The molecule has 1 aromatic carbocycles. The van der Waals surface area contributed by atoms with Gasteiger partial charge in [0.05, 0.1) is 22.9 Å². The molecule has 0 spiro atoms. The Morgan fingerprint density at radius 1 is 1.26 bits per heavy atom. The van der Waals surface area contributed by atoms with Gasteiger partial charge in [0.1, 0.15) is 0 Å². The van der Waals surface area contributed by atoms with E-state index in [0.717, 1.165) is 5.56 Å². The normalized spacial score (nSPS) is 10.8. The van der Waals surface area contributed by atoms with Gasteiger partial charge in [-0.3, -0.25) is 9.78 Å². The van der Waals surface area contributed by atoms with Gasteiger partial charge in [-0.05, 0) is 35.9 Å². The molecule has 1 aromatic heterocycles. The van der Waals surface area contributed by atoms with Crippen molar-refractivity contribution in [2.75, 3.05) is 0 Å². The third-order valence-electron chi connectivity index (χ3n) is 2.53. The van der Waals surface area contributed by atoms with Crippen LogP contribution in [0.15, 0.2) is 48.7 Å². The second kappa shape index (κ2) is 5.61. The number of amides is 1. The number of hydrogen-bond acceptors (Lipinski definition) is 3. The van der Waals surface area contributed by atoms with E-state index in [4.69, 9.17) is 11.0 Å². The number of primary amides is 1. The van der Waals surface area contributed by atoms with Gasteiger partial charge >= 0.3 is 0 Å². The van der Waals surface area contributed by atoms with Gasteiger partial charge in [-0.25, -0.2) is 0 Å². The van der Waals surface area contributed by atoms with Crippen LogP contribution in [0.2, 0.25) is 0 Å². The molecular formula is C15H11N3O. The van der Waals surface area contributed by atoms with Gasteiger partial charge in [-0.2, -0.15) is 5.26 Å². The van der Waals surface area contributed by atoms with Crippen molar-refractivity contribution in [2.24, 2.45) is 5.73 Å². The second-order valence-electron chi connectivity index (χ2n) is 3.87. The van der Waals surface area contributed by atoms with Crippen molar-refractivity contribution >= 4 is 17.6 Å². The van der Waals surface area contributed by atoms with E-state index >= 15 is 0 Å². The molecule has 2 aromatic rings. The molecule has 0 radical (unpaired) electrons. The minimum atomic E-state index is -0.555. The summed E-state index contributed by atoms with van der Waals surface area (Å²) in [5.74, 6) is -0.555. The second-order valence-corrected chi connectivity index (χ2v) is 3.87. The van der Waals surface area contributed by atoms with Crippen molar-refractivity contribution in [2.45, 2.75) is 0 Å². The fraction of sp³-hybridized carbons (Fsp3) is 0. The van der Waals surface area contributed by atoms with E-state index in [-0.39, 0.29) is 0 Å². The SMILES string of the molecule is N#Cc1cccc(C=C(C(N)=O)c2ccccn2)c1. The van der Waals surface area contributed by atoms with Gasteiger partial charge in [0.2, 0.25) is 0 Å². The van der Waals surface area contributed by atoms with Crippen LogP contribution in [0.5, 0.6) is 0 Å². The van der Waals surface area contributed by atoms with Crippen molar-refractivity contribution in [1.29, 1.82) is 5.26 Å². The number of carbonyl (C=O) groups is 1. The number of hydrogen-bond donors (Lipinski definition) is 1. The van der Waals surface area contributed by atoms with E-state index in [2.05, 4.69) is 4.98 Å². The maximum atomic E-state index is 11.5. The molecular weight excluding hydrogens is 238 g/mol. The highest BCUT2D eigenvalue weighted by atomic mass is 16.1. The molecule has 0 saturated carbocycles. The first-order valence-corrected chi connectivity index (χ1v) is 5.64. The highest BCUT2D eigenvalue weighted by Gasteiger charge is 2.09. The summed E-state index contributed by atoms with van der Waals surface area (Å²) in [5.41, 5.74) is 7.46. The molecule has 0 aliphatic heterocycles. The lowest BCUT2D eigenvalue weighted by molar-refractivity contribution is -0.112.